The van der Waals surface area contributed by atoms with Crippen molar-refractivity contribution in [2.24, 2.45) is 0 Å². The molecule has 1 aromatic carbocycles. The van der Waals surface area contributed by atoms with Gasteiger partial charge >= 0.3 is 5.97 Å². The Kier molecular flexibility index (Phi) is 3.97. The predicted molar refractivity (Wildman–Crippen MR) is 79.4 cm³/mol. The normalized spacial score (nSPS) is 20.1. The fraction of sp³-hybridized carbons (Fsp3) is 0.312. The molecule has 0 radical (unpaired) electrons. The SMILES string of the molecule is COc1cc(O)cc2c1C(c1ccc(CO)o1)NC(C(=O)O)C2. The van der Waals surface area contributed by atoms with E-state index in [1.165, 1.54) is 19.2 Å². The third-order valence-corrected chi connectivity index (χ3v) is 3.93. The first-order valence-corrected chi connectivity index (χ1v) is 7.11. The number of phenols is 1. The van der Waals surface area contributed by atoms with Crippen LogP contribution in [0.4, 0.5) is 0 Å². The van der Waals surface area contributed by atoms with E-state index in [4.69, 9.17) is 14.3 Å². The molecule has 0 saturated carbocycles. The number of aromatic hydroxyl groups is 1. The van der Waals surface area contributed by atoms with Gasteiger partial charge < -0.3 is 24.5 Å². The number of benzene rings is 1. The van der Waals surface area contributed by atoms with Gasteiger partial charge in [-0.2, -0.15) is 0 Å². The summed E-state index contributed by atoms with van der Waals surface area (Å²) in [5.41, 5.74) is 1.40. The lowest BCUT2D eigenvalue weighted by atomic mass is 9.88. The third kappa shape index (κ3) is 2.76. The summed E-state index contributed by atoms with van der Waals surface area (Å²) in [6.45, 7) is -0.241. The lowest BCUT2D eigenvalue weighted by Gasteiger charge is -2.31. The van der Waals surface area contributed by atoms with Gasteiger partial charge in [0.1, 0.15) is 35.7 Å². The van der Waals surface area contributed by atoms with E-state index in [2.05, 4.69) is 5.32 Å². The molecule has 2 aromatic rings. The molecule has 2 unspecified atom stereocenters. The summed E-state index contributed by atoms with van der Waals surface area (Å²) in [5, 5.41) is 31.3. The highest BCUT2D eigenvalue weighted by Crippen LogP contribution is 2.40. The van der Waals surface area contributed by atoms with Crippen LogP contribution in [0.2, 0.25) is 0 Å². The molecule has 0 bridgehead atoms. The summed E-state index contributed by atoms with van der Waals surface area (Å²) in [6.07, 6.45) is 0.222. The minimum absolute atomic E-state index is 0.0147. The Balaban J connectivity index is 2.13. The van der Waals surface area contributed by atoms with Crippen molar-refractivity contribution in [1.29, 1.82) is 0 Å². The number of aliphatic carboxylic acids is 1. The molecule has 3 rings (SSSR count). The maximum atomic E-state index is 11.4. The number of fused-ring (bicyclic) bond motifs is 1. The highest BCUT2D eigenvalue weighted by atomic mass is 16.5. The number of nitrogens with one attached hydrogen (secondary N) is 1. The first-order valence-electron chi connectivity index (χ1n) is 7.11. The fourth-order valence-corrected chi connectivity index (χ4v) is 2.91. The van der Waals surface area contributed by atoms with Gasteiger partial charge in [0.25, 0.3) is 0 Å². The van der Waals surface area contributed by atoms with Crippen molar-refractivity contribution in [3.63, 3.8) is 0 Å². The van der Waals surface area contributed by atoms with Crippen molar-refractivity contribution in [2.45, 2.75) is 25.1 Å². The summed E-state index contributed by atoms with van der Waals surface area (Å²) < 4.78 is 10.9. The van der Waals surface area contributed by atoms with Crippen LogP contribution < -0.4 is 10.1 Å². The van der Waals surface area contributed by atoms with Gasteiger partial charge in [-0.15, -0.1) is 0 Å². The number of aliphatic hydroxyl groups is 1. The second kappa shape index (κ2) is 5.94. The van der Waals surface area contributed by atoms with Crippen LogP contribution in [0, 0.1) is 0 Å². The second-order valence-corrected chi connectivity index (χ2v) is 5.38. The zero-order chi connectivity index (χ0) is 16.6. The average molecular weight is 319 g/mol. The second-order valence-electron chi connectivity index (χ2n) is 5.38. The average Bonchev–Trinajstić information content (AvgIpc) is 3.01. The van der Waals surface area contributed by atoms with E-state index in [0.717, 1.165) is 5.56 Å². The maximum Gasteiger partial charge on any atom is 0.321 e. The van der Waals surface area contributed by atoms with E-state index >= 15 is 0 Å². The molecule has 2 atom stereocenters. The standard InChI is InChI=1S/C16H17NO6/c1-22-13-6-9(19)4-8-5-11(16(20)21)17-15(14(8)13)12-3-2-10(7-18)23-12/h2-4,6,11,15,17-19H,5,7H2,1H3,(H,20,21). The number of hydrogen-bond acceptors (Lipinski definition) is 6. The number of hydrogen-bond donors (Lipinski definition) is 4. The van der Waals surface area contributed by atoms with Crippen LogP contribution in [0.1, 0.15) is 28.7 Å². The topological polar surface area (TPSA) is 112 Å². The minimum atomic E-state index is -0.989. The van der Waals surface area contributed by atoms with Crippen molar-refractivity contribution in [3.05, 3.63) is 46.9 Å². The molecular weight excluding hydrogens is 302 g/mol. The van der Waals surface area contributed by atoms with Gasteiger partial charge in [0.05, 0.1) is 13.2 Å². The van der Waals surface area contributed by atoms with Gasteiger partial charge in [0, 0.05) is 11.6 Å². The number of methoxy groups -OCH3 is 1. The Bertz CT molecular complexity index is 738. The Morgan fingerprint density at radius 1 is 1.43 bits per heavy atom. The van der Waals surface area contributed by atoms with Gasteiger partial charge in [-0.25, -0.2) is 0 Å². The highest BCUT2D eigenvalue weighted by molar-refractivity contribution is 5.75. The monoisotopic (exact) mass is 319 g/mol. The zero-order valence-corrected chi connectivity index (χ0v) is 12.4. The quantitative estimate of drug-likeness (QED) is 0.669. The van der Waals surface area contributed by atoms with Gasteiger partial charge in [-0.3, -0.25) is 10.1 Å². The molecular formula is C16H17NO6. The van der Waals surface area contributed by atoms with E-state index in [1.54, 1.807) is 12.1 Å². The minimum Gasteiger partial charge on any atom is -0.508 e. The molecule has 7 nitrogen and oxygen atoms in total. The molecule has 0 saturated heterocycles. The van der Waals surface area contributed by atoms with Crippen LogP contribution >= 0.6 is 0 Å². The molecule has 4 N–H and O–H groups in total. The van der Waals surface area contributed by atoms with E-state index in [-0.39, 0.29) is 18.8 Å². The molecule has 0 spiro atoms. The van der Waals surface area contributed by atoms with Gasteiger partial charge in [0.15, 0.2) is 0 Å². The summed E-state index contributed by atoms with van der Waals surface area (Å²) in [6, 6.07) is 4.97. The molecule has 1 aromatic heterocycles. The third-order valence-electron chi connectivity index (χ3n) is 3.93. The number of rotatable bonds is 4. The number of aliphatic hydroxyl groups excluding tert-OH is 1. The zero-order valence-electron chi connectivity index (χ0n) is 12.4. The number of carbonyl (C=O) groups is 1. The largest absolute Gasteiger partial charge is 0.508 e. The number of phenolic OH excluding ortho intramolecular Hbond substituents is 1. The molecule has 0 fully saturated rings. The van der Waals surface area contributed by atoms with Crippen molar-refractivity contribution in [1.82, 2.24) is 5.32 Å². The van der Waals surface area contributed by atoms with Crippen molar-refractivity contribution in [3.8, 4) is 11.5 Å². The summed E-state index contributed by atoms with van der Waals surface area (Å²) in [5.74, 6) is 0.338. The van der Waals surface area contributed by atoms with E-state index in [0.29, 0.717) is 22.8 Å². The molecule has 1 aliphatic rings. The van der Waals surface area contributed by atoms with E-state index < -0.39 is 18.1 Å². The predicted octanol–water partition coefficient (Wildman–Crippen LogP) is 1.17. The Hall–Kier alpha value is -2.51. The number of ether oxygens (including phenoxy) is 1. The van der Waals surface area contributed by atoms with Crippen LogP contribution in [0.25, 0.3) is 0 Å². The van der Waals surface area contributed by atoms with Crippen molar-refractivity contribution >= 4 is 5.97 Å². The summed E-state index contributed by atoms with van der Waals surface area (Å²) >= 11 is 0. The molecule has 122 valence electrons. The van der Waals surface area contributed by atoms with Crippen molar-refractivity contribution in [2.75, 3.05) is 7.11 Å². The molecule has 23 heavy (non-hydrogen) atoms. The maximum absolute atomic E-state index is 11.4. The summed E-state index contributed by atoms with van der Waals surface area (Å²) in [7, 11) is 1.48. The Morgan fingerprint density at radius 3 is 2.83 bits per heavy atom. The molecule has 1 aliphatic heterocycles. The number of furan rings is 1. The molecule has 7 heteroatoms. The highest BCUT2D eigenvalue weighted by Gasteiger charge is 2.35. The fourth-order valence-electron chi connectivity index (χ4n) is 2.91. The smallest absolute Gasteiger partial charge is 0.321 e. The first kappa shape index (κ1) is 15.4. The lowest BCUT2D eigenvalue weighted by Crippen LogP contribution is -2.45. The van der Waals surface area contributed by atoms with Crippen LogP contribution in [0.5, 0.6) is 11.5 Å². The summed E-state index contributed by atoms with van der Waals surface area (Å²) in [4.78, 5) is 11.4. The van der Waals surface area contributed by atoms with Crippen LogP contribution in [-0.4, -0.2) is 34.4 Å². The van der Waals surface area contributed by atoms with Gasteiger partial charge in [-0.05, 0) is 30.2 Å². The van der Waals surface area contributed by atoms with Gasteiger partial charge in [0.2, 0.25) is 0 Å². The van der Waals surface area contributed by atoms with E-state index in [1.807, 2.05) is 0 Å². The van der Waals surface area contributed by atoms with Crippen molar-refractivity contribution < 1.29 is 29.3 Å². The molecule has 0 aliphatic carbocycles. The lowest BCUT2D eigenvalue weighted by molar-refractivity contribution is -0.139. The Labute approximate surface area is 132 Å². The number of carboxylic acids is 1. The van der Waals surface area contributed by atoms with Crippen LogP contribution in [-0.2, 0) is 17.8 Å². The Morgan fingerprint density at radius 2 is 2.22 bits per heavy atom. The molecule has 2 heterocycles. The first-order chi connectivity index (χ1) is 11.0. The van der Waals surface area contributed by atoms with Crippen LogP contribution in [0.3, 0.4) is 0 Å². The van der Waals surface area contributed by atoms with Gasteiger partial charge in [-0.1, -0.05) is 0 Å². The van der Waals surface area contributed by atoms with Crippen LogP contribution in [0.15, 0.2) is 28.7 Å². The van der Waals surface area contributed by atoms with E-state index in [9.17, 15) is 15.0 Å². The molecule has 0 amide bonds. The number of carboxylic acid groups (broad SMARTS) is 1.